The minimum absolute atomic E-state index is 0.621. The first-order valence-electron chi connectivity index (χ1n) is 7.91. The molecule has 110 valence electrons. The summed E-state index contributed by atoms with van der Waals surface area (Å²) >= 11 is 1.69. The third-order valence-electron chi connectivity index (χ3n) is 4.77. The summed E-state index contributed by atoms with van der Waals surface area (Å²) in [6.45, 7) is 2.56. The highest BCUT2D eigenvalue weighted by Crippen LogP contribution is 2.30. The molecule has 21 heavy (non-hydrogen) atoms. The van der Waals surface area contributed by atoms with Crippen LogP contribution in [0.1, 0.15) is 25.7 Å². The van der Waals surface area contributed by atoms with Crippen molar-refractivity contribution in [1.82, 2.24) is 9.88 Å². The second-order valence-corrected chi connectivity index (χ2v) is 6.95. The molecule has 0 spiro atoms. The largest absolute Gasteiger partial charge is 0.381 e. The number of anilines is 1. The number of thiazole rings is 1. The van der Waals surface area contributed by atoms with Gasteiger partial charge in [-0.3, -0.25) is 4.90 Å². The first kappa shape index (κ1) is 13.3. The number of rotatable bonds is 3. The standard InChI is InChI=1S/C17H21N3S/c1-2-10-20-11-8-15(16(20)3-1)19-14-6-4-13(5-7-14)17-18-9-12-21-17/h4-7,9,12,15-16,19H,1-3,8,10-11H2. The molecule has 1 N–H and O–H groups in total. The fourth-order valence-corrected chi connectivity index (χ4v) is 4.35. The van der Waals surface area contributed by atoms with Crippen LogP contribution in [0.3, 0.4) is 0 Å². The fourth-order valence-electron chi connectivity index (χ4n) is 3.70. The van der Waals surface area contributed by atoms with Crippen LogP contribution in [0.25, 0.3) is 10.6 Å². The summed E-state index contributed by atoms with van der Waals surface area (Å²) in [4.78, 5) is 7.04. The van der Waals surface area contributed by atoms with Gasteiger partial charge in [0.2, 0.25) is 0 Å². The van der Waals surface area contributed by atoms with Gasteiger partial charge in [-0.2, -0.15) is 0 Å². The number of fused-ring (bicyclic) bond motifs is 1. The molecular weight excluding hydrogens is 278 g/mol. The molecule has 3 heterocycles. The zero-order chi connectivity index (χ0) is 14.1. The van der Waals surface area contributed by atoms with Crippen molar-refractivity contribution >= 4 is 17.0 Å². The van der Waals surface area contributed by atoms with E-state index in [1.807, 2.05) is 11.6 Å². The van der Waals surface area contributed by atoms with Crippen molar-refractivity contribution in [2.24, 2.45) is 0 Å². The molecule has 4 rings (SSSR count). The maximum Gasteiger partial charge on any atom is 0.123 e. The lowest BCUT2D eigenvalue weighted by Gasteiger charge is -2.33. The molecule has 3 nitrogen and oxygen atoms in total. The summed E-state index contributed by atoms with van der Waals surface area (Å²) < 4.78 is 0. The molecule has 2 fully saturated rings. The Bertz CT molecular complexity index is 579. The van der Waals surface area contributed by atoms with Gasteiger partial charge >= 0.3 is 0 Å². The van der Waals surface area contributed by atoms with Gasteiger partial charge in [0, 0.05) is 41.5 Å². The summed E-state index contributed by atoms with van der Waals surface area (Å²) in [7, 11) is 0. The lowest BCUT2D eigenvalue weighted by atomic mass is 9.99. The summed E-state index contributed by atoms with van der Waals surface area (Å²) in [6.07, 6.45) is 7.27. The highest BCUT2D eigenvalue weighted by atomic mass is 32.1. The second-order valence-electron chi connectivity index (χ2n) is 6.05. The van der Waals surface area contributed by atoms with Gasteiger partial charge in [-0.05, 0) is 50.1 Å². The lowest BCUT2D eigenvalue weighted by Crippen LogP contribution is -2.41. The van der Waals surface area contributed by atoms with Crippen LogP contribution in [0.5, 0.6) is 0 Å². The SMILES string of the molecule is c1csc(-c2ccc(NC3CCN4CCCCC34)cc2)n1. The number of nitrogens with zero attached hydrogens (tertiary/aromatic N) is 2. The lowest BCUT2D eigenvalue weighted by molar-refractivity contribution is 0.193. The Hall–Kier alpha value is -1.39. The average molecular weight is 299 g/mol. The molecule has 0 saturated carbocycles. The molecular formula is C17H21N3S. The van der Waals surface area contributed by atoms with Crippen LogP contribution < -0.4 is 5.32 Å². The average Bonchev–Trinajstić information content (AvgIpc) is 3.19. The van der Waals surface area contributed by atoms with E-state index in [4.69, 9.17) is 0 Å². The zero-order valence-corrected chi connectivity index (χ0v) is 13.0. The van der Waals surface area contributed by atoms with Crippen LogP contribution in [-0.2, 0) is 0 Å². The third-order valence-corrected chi connectivity index (χ3v) is 5.59. The number of piperidine rings is 1. The highest BCUT2D eigenvalue weighted by Gasteiger charge is 2.35. The van der Waals surface area contributed by atoms with Crippen molar-refractivity contribution in [3.63, 3.8) is 0 Å². The normalized spacial score (nSPS) is 25.7. The van der Waals surface area contributed by atoms with Crippen molar-refractivity contribution < 1.29 is 0 Å². The molecule has 2 saturated heterocycles. The number of nitrogens with one attached hydrogen (secondary N) is 1. The molecule has 0 bridgehead atoms. The van der Waals surface area contributed by atoms with Gasteiger partial charge in [0.25, 0.3) is 0 Å². The Morgan fingerprint density at radius 1 is 1.10 bits per heavy atom. The van der Waals surface area contributed by atoms with Gasteiger partial charge in [-0.25, -0.2) is 4.98 Å². The molecule has 2 unspecified atom stereocenters. The van der Waals surface area contributed by atoms with Crippen LogP contribution in [0.2, 0.25) is 0 Å². The van der Waals surface area contributed by atoms with Crippen LogP contribution in [-0.4, -0.2) is 35.1 Å². The van der Waals surface area contributed by atoms with E-state index in [1.165, 1.54) is 50.0 Å². The molecule has 0 amide bonds. The van der Waals surface area contributed by atoms with Crippen LogP contribution in [0.4, 0.5) is 5.69 Å². The molecule has 1 aromatic heterocycles. The van der Waals surface area contributed by atoms with Crippen molar-refractivity contribution in [3.8, 4) is 10.6 Å². The Morgan fingerprint density at radius 2 is 2.00 bits per heavy atom. The topological polar surface area (TPSA) is 28.2 Å². The zero-order valence-electron chi connectivity index (χ0n) is 12.2. The molecule has 2 atom stereocenters. The van der Waals surface area contributed by atoms with E-state index in [2.05, 4.69) is 39.5 Å². The summed E-state index contributed by atoms with van der Waals surface area (Å²) in [5.41, 5.74) is 2.45. The second kappa shape index (κ2) is 5.78. The quantitative estimate of drug-likeness (QED) is 0.933. The number of hydrogen-bond acceptors (Lipinski definition) is 4. The summed E-state index contributed by atoms with van der Waals surface area (Å²) in [6, 6.07) is 10.1. The molecule has 1 aromatic carbocycles. The van der Waals surface area contributed by atoms with Gasteiger partial charge in [-0.15, -0.1) is 11.3 Å². The maximum absolute atomic E-state index is 4.36. The fraction of sp³-hybridized carbons (Fsp3) is 0.471. The number of hydrogen-bond donors (Lipinski definition) is 1. The van der Waals surface area contributed by atoms with E-state index >= 15 is 0 Å². The number of benzene rings is 1. The van der Waals surface area contributed by atoms with Gasteiger partial charge in [0.1, 0.15) is 5.01 Å². The highest BCUT2D eigenvalue weighted by molar-refractivity contribution is 7.13. The summed E-state index contributed by atoms with van der Waals surface area (Å²) in [5.74, 6) is 0. The van der Waals surface area contributed by atoms with E-state index in [0.29, 0.717) is 6.04 Å². The van der Waals surface area contributed by atoms with Crippen molar-refractivity contribution in [2.75, 3.05) is 18.4 Å². The summed E-state index contributed by atoms with van der Waals surface area (Å²) in [5, 5.41) is 6.88. The predicted molar refractivity (Wildman–Crippen MR) is 88.8 cm³/mol. The monoisotopic (exact) mass is 299 g/mol. The minimum Gasteiger partial charge on any atom is -0.381 e. The predicted octanol–water partition coefficient (Wildman–Crippen LogP) is 3.85. The van der Waals surface area contributed by atoms with Gasteiger partial charge in [0.05, 0.1) is 0 Å². The Labute approximate surface area is 130 Å². The van der Waals surface area contributed by atoms with E-state index in [0.717, 1.165) is 11.0 Å². The molecule has 0 aliphatic carbocycles. The molecule has 2 aromatic rings. The van der Waals surface area contributed by atoms with Crippen LogP contribution >= 0.6 is 11.3 Å². The minimum atomic E-state index is 0.621. The van der Waals surface area contributed by atoms with Crippen LogP contribution in [0.15, 0.2) is 35.8 Å². The molecule has 4 heteroatoms. The van der Waals surface area contributed by atoms with Crippen molar-refractivity contribution in [2.45, 2.75) is 37.8 Å². The van der Waals surface area contributed by atoms with Gasteiger partial charge < -0.3 is 5.32 Å². The first-order valence-corrected chi connectivity index (χ1v) is 8.79. The molecule has 2 aliphatic rings. The van der Waals surface area contributed by atoms with E-state index in [1.54, 1.807) is 11.3 Å². The maximum atomic E-state index is 4.36. The van der Waals surface area contributed by atoms with Crippen LogP contribution in [0, 0.1) is 0 Å². The first-order chi connectivity index (χ1) is 10.4. The Balaban J connectivity index is 1.45. The molecule has 0 radical (unpaired) electrons. The van der Waals surface area contributed by atoms with E-state index < -0.39 is 0 Å². The molecule has 2 aliphatic heterocycles. The third kappa shape index (κ3) is 2.70. The van der Waals surface area contributed by atoms with Crippen molar-refractivity contribution in [1.29, 1.82) is 0 Å². The Kier molecular flexibility index (Phi) is 3.65. The van der Waals surface area contributed by atoms with E-state index in [9.17, 15) is 0 Å². The van der Waals surface area contributed by atoms with Crippen molar-refractivity contribution in [3.05, 3.63) is 35.8 Å². The van der Waals surface area contributed by atoms with Gasteiger partial charge in [0.15, 0.2) is 0 Å². The van der Waals surface area contributed by atoms with Gasteiger partial charge in [-0.1, -0.05) is 6.42 Å². The smallest absolute Gasteiger partial charge is 0.123 e. The van der Waals surface area contributed by atoms with E-state index in [-0.39, 0.29) is 0 Å². The number of aromatic nitrogens is 1. The Morgan fingerprint density at radius 3 is 2.81 bits per heavy atom.